The van der Waals surface area contributed by atoms with Crippen molar-refractivity contribution in [2.24, 2.45) is 0 Å². The molecule has 30 heavy (non-hydrogen) atoms. The zero-order chi connectivity index (χ0) is 21.8. The maximum Gasteiger partial charge on any atom is 0.337 e. The number of halogens is 3. The van der Waals surface area contributed by atoms with E-state index in [1.165, 1.54) is 19.2 Å². The lowest BCUT2D eigenvalue weighted by molar-refractivity contribution is -0.117. The zero-order valence-electron chi connectivity index (χ0n) is 16.6. The SMILES string of the molecule is COC(=O)c1ccc(N2CCN(CC(=O)Nc3c(Cl)cc(Cl)cc3Cl)C(C)C2)cc1. The number of carbonyl (C=O) groups is 2. The van der Waals surface area contributed by atoms with Crippen LogP contribution in [0.1, 0.15) is 17.3 Å². The highest BCUT2D eigenvalue weighted by atomic mass is 35.5. The van der Waals surface area contributed by atoms with Gasteiger partial charge in [0.25, 0.3) is 0 Å². The predicted octanol–water partition coefficient (Wildman–Crippen LogP) is 4.58. The molecule has 9 heteroatoms. The van der Waals surface area contributed by atoms with Crippen LogP contribution in [0.4, 0.5) is 11.4 Å². The van der Waals surface area contributed by atoms with Gasteiger partial charge in [-0.25, -0.2) is 4.79 Å². The fraction of sp³-hybridized carbons (Fsp3) is 0.333. The minimum absolute atomic E-state index is 0.154. The van der Waals surface area contributed by atoms with Gasteiger partial charge in [0.05, 0.1) is 35.0 Å². The number of hydrogen-bond acceptors (Lipinski definition) is 5. The second-order valence-corrected chi connectivity index (χ2v) is 8.35. The van der Waals surface area contributed by atoms with Crippen LogP contribution >= 0.6 is 34.8 Å². The number of carbonyl (C=O) groups excluding carboxylic acids is 2. The molecule has 1 fully saturated rings. The van der Waals surface area contributed by atoms with Crippen molar-refractivity contribution in [1.29, 1.82) is 0 Å². The molecule has 1 unspecified atom stereocenters. The molecule has 6 nitrogen and oxygen atoms in total. The molecule has 0 radical (unpaired) electrons. The summed E-state index contributed by atoms with van der Waals surface area (Å²) in [5.41, 5.74) is 1.91. The largest absolute Gasteiger partial charge is 0.465 e. The summed E-state index contributed by atoms with van der Waals surface area (Å²) < 4.78 is 4.73. The molecule has 1 N–H and O–H groups in total. The maximum absolute atomic E-state index is 12.5. The average molecular weight is 471 g/mol. The first kappa shape index (κ1) is 22.7. The Bertz CT molecular complexity index is 914. The summed E-state index contributed by atoms with van der Waals surface area (Å²) in [6.07, 6.45) is 0. The molecule has 0 aliphatic carbocycles. The number of ether oxygens (including phenoxy) is 1. The van der Waals surface area contributed by atoms with Gasteiger partial charge < -0.3 is 15.0 Å². The van der Waals surface area contributed by atoms with Gasteiger partial charge in [0.15, 0.2) is 0 Å². The summed E-state index contributed by atoms with van der Waals surface area (Å²) in [7, 11) is 1.36. The summed E-state index contributed by atoms with van der Waals surface area (Å²) in [4.78, 5) is 28.5. The van der Waals surface area contributed by atoms with Gasteiger partial charge in [0.1, 0.15) is 0 Å². The molecule has 1 atom stereocenters. The molecule has 0 saturated carbocycles. The van der Waals surface area contributed by atoms with E-state index < -0.39 is 0 Å². The van der Waals surface area contributed by atoms with E-state index in [1.807, 2.05) is 12.1 Å². The van der Waals surface area contributed by atoms with E-state index >= 15 is 0 Å². The molecule has 3 rings (SSSR count). The van der Waals surface area contributed by atoms with Gasteiger partial charge >= 0.3 is 5.97 Å². The van der Waals surface area contributed by atoms with Gasteiger partial charge in [0, 0.05) is 36.4 Å². The minimum Gasteiger partial charge on any atom is -0.465 e. The van der Waals surface area contributed by atoms with Crippen molar-refractivity contribution in [2.45, 2.75) is 13.0 Å². The Labute approximate surface area is 190 Å². The third-order valence-electron chi connectivity index (χ3n) is 5.04. The maximum atomic E-state index is 12.5. The number of anilines is 2. The van der Waals surface area contributed by atoms with E-state index in [-0.39, 0.29) is 24.5 Å². The lowest BCUT2D eigenvalue weighted by Gasteiger charge is -2.40. The van der Waals surface area contributed by atoms with E-state index in [2.05, 4.69) is 22.0 Å². The van der Waals surface area contributed by atoms with Crippen molar-refractivity contribution in [3.8, 4) is 0 Å². The molecule has 1 saturated heterocycles. The molecule has 2 aromatic carbocycles. The summed E-state index contributed by atoms with van der Waals surface area (Å²) in [6, 6.07) is 10.6. The number of methoxy groups -OCH3 is 1. The number of piperazine rings is 1. The topological polar surface area (TPSA) is 61.9 Å². The Balaban J connectivity index is 1.58. The molecule has 160 valence electrons. The van der Waals surface area contributed by atoms with E-state index in [9.17, 15) is 9.59 Å². The van der Waals surface area contributed by atoms with Crippen molar-refractivity contribution in [2.75, 3.05) is 43.5 Å². The molecular formula is C21H22Cl3N3O3. The van der Waals surface area contributed by atoms with Crippen LogP contribution < -0.4 is 10.2 Å². The van der Waals surface area contributed by atoms with Crippen LogP contribution in [0.2, 0.25) is 15.1 Å². The van der Waals surface area contributed by atoms with Gasteiger partial charge in [-0.05, 0) is 43.3 Å². The Morgan fingerprint density at radius 2 is 1.73 bits per heavy atom. The smallest absolute Gasteiger partial charge is 0.337 e. The van der Waals surface area contributed by atoms with Gasteiger partial charge in [-0.1, -0.05) is 34.8 Å². The first-order valence-corrected chi connectivity index (χ1v) is 10.5. The van der Waals surface area contributed by atoms with Crippen LogP contribution in [0.5, 0.6) is 0 Å². The Hall–Kier alpha value is -1.99. The van der Waals surface area contributed by atoms with Gasteiger partial charge in [-0.15, -0.1) is 0 Å². The molecule has 1 aliphatic heterocycles. The standard InChI is InChI=1S/C21H22Cl3N3O3/c1-13-11-27(16-5-3-14(4-6-16)21(29)30-2)8-7-26(13)12-19(28)25-20-17(23)9-15(22)10-18(20)24/h3-6,9-10,13H,7-8,11-12H2,1-2H3,(H,25,28). The zero-order valence-corrected chi connectivity index (χ0v) is 18.9. The third-order valence-corrected chi connectivity index (χ3v) is 5.85. The molecule has 1 heterocycles. The first-order valence-electron chi connectivity index (χ1n) is 9.40. The second kappa shape index (κ2) is 9.88. The predicted molar refractivity (Wildman–Crippen MR) is 121 cm³/mol. The van der Waals surface area contributed by atoms with Gasteiger partial charge in [-0.3, -0.25) is 9.69 Å². The van der Waals surface area contributed by atoms with Crippen LogP contribution in [-0.2, 0) is 9.53 Å². The normalized spacial score (nSPS) is 17.0. The second-order valence-electron chi connectivity index (χ2n) is 7.10. The van der Waals surface area contributed by atoms with Crippen molar-refractivity contribution in [1.82, 2.24) is 4.90 Å². The molecule has 0 spiro atoms. The minimum atomic E-state index is -0.355. The number of hydrogen-bond donors (Lipinski definition) is 1. The molecule has 0 aromatic heterocycles. The highest BCUT2D eigenvalue weighted by molar-refractivity contribution is 6.42. The van der Waals surface area contributed by atoms with Crippen molar-refractivity contribution >= 4 is 58.1 Å². The molecule has 2 aromatic rings. The Kier molecular flexibility index (Phi) is 7.47. The van der Waals surface area contributed by atoms with Crippen molar-refractivity contribution in [3.63, 3.8) is 0 Å². The monoisotopic (exact) mass is 469 g/mol. The highest BCUT2D eigenvalue weighted by Gasteiger charge is 2.26. The lowest BCUT2D eigenvalue weighted by Crippen LogP contribution is -2.53. The lowest BCUT2D eigenvalue weighted by atomic mass is 10.1. The molecule has 1 aliphatic rings. The Morgan fingerprint density at radius 1 is 1.10 bits per heavy atom. The average Bonchev–Trinajstić information content (AvgIpc) is 2.71. The first-order chi connectivity index (χ1) is 14.3. The van der Waals surface area contributed by atoms with Crippen LogP contribution in [0.15, 0.2) is 36.4 Å². The van der Waals surface area contributed by atoms with Crippen LogP contribution in [-0.4, -0.2) is 56.1 Å². The van der Waals surface area contributed by atoms with Crippen LogP contribution in [0, 0.1) is 0 Å². The number of nitrogens with one attached hydrogen (secondary N) is 1. The summed E-state index contributed by atoms with van der Waals surface area (Å²) in [6.45, 7) is 4.54. The van der Waals surface area contributed by atoms with Gasteiger partial charge in [-0.2, -0.15) is 0 Å². The molecular weight excluding hydrogens is 449 g/mol. The number of esters is 1. The molecule has 1 amide bonds. The van der Waals surface area contributed by atoms with Crippen molar-refractivity contribution < 1.29 is 14.3 Å². The van der Waals surface area contributed by atoms with Crippen LogP contribution in [0.3, 0.4) is 0 Å². The van der Waals surface area contributed by atoms with E-state index in [4.69, 9.17) is 39.5 Å². The summed E-state index contributed by atoms with van der Waals surface area (Å²) in [5.74, 6) is -0.546. The summed E-state index contributed by atoms with van der Waals surface area (Å²) in [5, 5.41) is 3.79. The Morgan fingerprint density at radius 3 is 2.30 bits per heavy atom. The van der Waals surface area contributed by atoms with Crippen LogP contribution in [0.25, 0.3) is 0 Å². The number of amides is 1. The van der Waals surface area contributed by atoms with E-state index in [1.54, 1.807) is 12.1 Å². The number of rotatable bonds is 5. The van der Waals surface area contributed by atoms with Gasteiger partial charge in [0.2, 0.25) is 5.91 Å². The highest BCUT2D eigenvalue weighted by Crippen LogP contribution is 2.33. The summed E-state index contributed by atoms with van der Waals surface area (Å²) >= 11 is 18.2. The molecule has 0 bridgehead atoms. The number of nitrogens with zero attached hydrogens (tertiary/aromatic N) is 2. The number of benzene rings is 2. The van der Waals surface area contributed by atoms with Crippen molar-refractivity contribution in [3.05, 3.63) is 57.0 Å². The fourth-order valence-electron chi connectivity index (χ4n) is 3.42. The quantitative estimate of drug-likeness (QED) is 0.648. The fourth-order valence-corrected chi connectivity index (χ4v) is 4.33. The third kappa shape index (κ3) is 5.38. The van der Waals surface area contributed by atoms with E-state index in [0.29, 0.717) is 26.3 Å². The van der Waals surface area contributed by atoms with E-state index in [0.717, 1.165) is 25.3 Å².